The first kappa shape index (κ1) is 12.2. The van der Waals surface area contributed by atoms with E-state index < -0.39 is 0 Å². The summed E-state index contributed by atoms with van der Waals surface area (Å²) in [7, 11) is 12.1. The Morgan fingerprint density at radius 1 is 1.00 bits per heavy atom. The van der Waals surface area contributed by atoms with Gasteiger partial charge in [-0.1, -0.05) is 0 Å². The molecule has 0 bridgehead atoms. The van der Waals surface area contributed by atoms with Crippen molar-refractivity contribution in [3.05, 3.63) is 0 Å². The van der Waals surface area contributed by atoms with Gasteiger partial charge >= 0.3 is 0 Å². The Morgan fingerprint density at radius 2 is 1.54 bits per heavy atom. The van der Waals surface area contributed by atoms with Crippen LogP contribution in [0.15, 0.2) is 4.99 Å². The predicted octanol–water partition coefficient (Wildman–Crippen LogP) is 0.0272. The fraction of sp³-hybridized carbons (Fsp3) is 0.889. The minimum absolute atomic E-state index is 0.998. The molecule has 0 unspecified atom stereocenters. The highest BCUT2D eigenvalue weighted by molar-refractivity contribution is 5.79. The van der Waals surface area contributed by atoms with Crippen molar-refractivity contribution >= 4 is 5.96 Å². The molecule has 0 radical (unpaired) electrons. The van der Waals surface area contributed by atoms with E-state index in [0.717, 1.165) is 19.0 Å². The van der Waals surface area contributed by atoms with Gasteiger partial charge in [-0.3, -0.25) is 4.99 Å². The van der Waals surface area contributed by atoms with Crippen LogP contribution in [0.2, 0.25) is 0 Å². The van der Waals surface area contributed by atoms with Crippen molar-refractivity contribution in [3.63, 3.8) is 0 Å². The lowest BCUT2D eigenvalue weighted by Crippen LogP contribution is -2.41. The third-order valence-electron chi connectivity index (χ3n) is 1.82. The fourth-order valence-corrected chi connectivity index (χ4v) is 1.16. The van der Waals surface area contributed by atoms with Crippen LogP contribution < -0.4 is 0 Å². The molecule has 0 aliphatic rings. The second kappa shape index (κ2) is 5.80. The third-order valence-corrected chi connectivity index (χ3v) is 1.82. The van der Waals surface area contributed by atoms with Gasteiger partial charge in [0.25, 0.3) is 0 Å². The first-order valence-corrected chi connectivity index (χ1v) is 4.49. The second-order valence-corrected chi connectivity index (χ2v) is 3.64. The molecule has 0 N–H and O–H groups in total. The number of aliphatic imine (C=N–C) groups is 1. The number of hydrogen-bond acceptors (Lipinski definition) is 2. The molecule has 0 saturated heterocycles. The van der Waals surface area contributed by atoms with E-state index in [-0.39, 0.29) is 0 Å². The van der Waals surface area contributed by atoms with Crippen molar-refractivity contribution in [3.8, 4) is 0 Å². The molecule has 4 nitrogen and oxygen atoms in total. The van der Waals surface area contributed by atoms with E-state index in [9.17, 15) is 0 Å². The van der Waals surface area contributed by atoms with Crippen LogP contribution in [0.3, 0.4) is 0 Å². The van der Waals surface area contributed by atoms with Gasteiger partial charge in [-0.2, -0.15) is 0 Å². The minimum atomic E-state index is 0.998. The highest BCUT2D eigenvalue weighted by Crippen LogP contribution is 1.91. The molecule has 0 aromatic rings. The van der Waals surface area contributed by atoms with Crippen LogP contribution in [-0.4, -0.2) is 76.0 Å². The SMILES string of the molecule is CN=C(N(C)C)N(C)CCN(C)C. The standard InChI is InChI=1S/C9H22N4/c1-10-9(12(4)5)13(6)8-7-11(2)3/h7-8H2,1-6H3. The van der Waals surface area contributed by atoms with Crippen LogP contribution in [-0.2, 0) is 0 Å². The van der Waals surface area contributed by atoms with Gasteiger partial charge in [0, 0.05) is 41.3 Å². The summed E-state index contributed by atoms with van der Waals surface area (Å²) in [6.45, 7) is 2.04. The van der Waals surface area contributed by atoms with Crippen molar-refractivity contribution in [2.75, 3.05) is 55.4 Å². The van der Waals surface area contributed by atoms with Crippen molar-refractivity contribution in [1.82, 2.24) is 14.7 Å². The van der Waals surface area contributed by atoms with Crippen molar-refractivity contribution in [2.24, 2.45) is 4.99 Å². The summed E-state index contributed by atoms with van der Waals surface area (Å²) in [6, 6.07) is 0. The van der Waals surface area contributed by atoms with Crippen molar-refractivity contribution in [2.45, 2.75) is 0 Å². The maximum atomic E-state index is 4.22. The Kier molecular flexibility index (Phi) is 5.46. The summed E-state index contributed by atoms with van der Waals surface area (Å²) in [5, 5.41) is 0. The predicted molar refractivity (Wildman–Crippen MR) is 58.2 cm³/mol. The first-order chi connectivity index (χ1) is 5.99. The van der Waals surface area contributed by atoms with E-state index in [1.54, 1.807) is 0 Å². The summed E-state index contributed by atoms with van der Waals surface area (Å²) in [5.74, 6) is 1.02. The van der Waals surface area contributed by atoms with Gasteiger partial charge < -0.3 is 14.7 Å². The molecule has 13 heavy (non-hydrogen) atoms. The Morgan fingerprint density at radius 3 is 1.85 bits per heavy atom. The maximum Gasteiger partial charge on any atom is 0.195 e. The molecular weight excluding hydrogens is 164 g/mol. The van der Waals surface area contributed by atoms with Crippen molar-refractivity contribution in [1.29, 1.82) is 0 Å². The quantitative estimate of drug-likeness (QED) is 0.458. The second-order valence-electron chi connectivity index (χ2n) is 3.64. The van der Waals surface area contributed by atoms with Gasteiger partial charge in [0.15, 0.2) is 5.96 Å². The first-order valence-electron chi connectivity index (χ1n) is 4.49. The molecule has 0 aliphatic carbocycles. The minimum Gasteiger partial charge on any atom is -0.349 e. The monoisotopic (exact) mass is 186 g/mol. The number of likely N-dealkylation sites (N-methyl/N-ethyl adjacent to an activating group) is 2. The zero-order valence-electron chi connectivity index (χ0n) is 9.70. The summed E-state index contributed by atoms with van der Waals surface area (Å²) < 4.78 is 0. The molecule has 0 aromatic heterocycles. The lowest BCUT2D eigenvalue weighted by Gasteiger charge is -2.27. The van der Waals surface area contributed by atoms with E-state index in [0.29, 0.717) is 0 Å². The van der Waals surface area contributed by atoms with E-state index >= 15 is 0 Å². The molecule has 0 fully saturated rings. The maximum absolute atomic E-state index is 4.22. The van der Waals surface area contributed by atoms with Crippen molar-refractivity contribution < 1.29 is 0 Å². The van der Waals surface area contributed by atoms with Crippen LogP contribution >= 0.6 is 0 Å². The molecule has 0 aromatic carbocycles. The van der Waals surface area contributed by atoms with E-state index in [1.807, 2.05) is 26.0 Å². The molecule has 0 amide bonds. The molecular formula is C9H22N4. The summed E-state index contributed by atoms with van der Waals surface area (Å²) in [4.78, 5) is 10.6. The molecule has 0 spiro atoms. The molecule has 0 atom stereocenters. The zero-order valence-corrected chi connectivity index (χ0v) is 9.70. The lowest BCUT2D eigenvalue weighted by molar-refractivity contribution is 0.338. The average Bonchev–Trinajstić information content (AvgIpc) is 2.01. The summed E-state index contributed by atoms with van der Waals surface area (Å²) in [6.07, 6.45) is 0. The smallest absolute Gasteiger partial charge is 0.195 e. The largest absolute Gasteiger partial charge is 0.349 e. The highest BCUT2D eigenvalue weighted by Gasteiger charge is 2.06. The normalized spacial score (nSPS) is 12.1. The zero-order chi connectivity index (χ0) is 10.4. The lowest BCUT2D eigenvalue weighted by atomic mass is 10.5. The number of hydrogen-bond donors (Lipinski definition) is 0. The molecule has 0 aliphatic heterocycles. The van der Waals surface area contributed by atoms with Gasteiger partial charge in [-0.05, 0) is 14.1 Å². The molecule has 4 heteroatoms. The number of guanidine groups is 1. The average molecular weight is 186 g/mol. The van der Waals surface area contributed by atoms with Gasteiger partial charge in [-0.15, -0.1) is 0 Å². The van der Waals surface area contributed by atoms with Crippen LogP contribution in [0.4, 0.5) is 0 Å². The van der Waals surface area contributed by atoms with Gasteiger partial charge in [0.1, 0.15) is 0 Å². The molecule has 78 valence electrons. The molecule has 0 heterocycles. The Labute approximate surface area is 81.8 Å². The number of nitrogens with zero attached hydrogens (tertiary/aromatic N) is 4. The van der Waals surface area contributed by atoms with Crippen LogP contribution in [0.1, 0.15) is 0 Å². The summed E-state index contributed by atoms with van der Waals surface area (Å²) in [5.41, 5.74) is 0. The van der Waals surface area contributed by atoms with Gasteiger partial charge in [0.05, 0.1) is 0 Å². The van der Waals surface area contributed by atoms with Crippen LogP contribution in [0.25, 0.3) is 0 Å². The summed E-state index contributed by atoms with van der Waals surface area (Å²) >= 11 is 0. The highest BCUT2D eigenvalue weighted by atomic mass is 15.3. The topological polar surface area (TPSA) is 22.1 Å². The third kappa shape index (κ3) is 4.72. The van der Waals surface area contributed by atoms with Gasteiger partial charge in [0.2, 0.25) is 0 Å². The Balaban J connectivity index is 4.00. The van der Waals surface area contributed by atoms with Gasteiger partial charge in [-0.25, -0.2) is 0 Å². The Hall–Kier alpha value is -0.770. The molecule has 0 saturated carbocycles. The fourth-order valence-electron chi connectivity index (χ4n) is 1.16. The molecule has 0 rings (SSSR count). The van der Waals surface area contributed by atoms with E-state index in [1.165, 1.54) is 0 Å². The van der Waals surface area contributed by atoms with E-state index in [4.69, 9.17) is 0 Å². The van der Waals surface area contributed by atoms with E-state index in [2.05, 4.69) is 35.9 Å². The van der Waals surface area contributed by atoms with Crippen LogP contribution in [0.5, 0.6) is 0 Å². The van der Waals surface area contributed by atoms with Crippen LogP contribution in [0, 0.1) is 0 Å². The Bertz CT molecular complexity index is 163. The number of rotatable bonds is 3.